The molecule has 1 heterocycles. The zero-order chi connectivity index (χ0) is 17.2. The van der Waals surface area contributed by atoms with E-state index < -0.39 is 0 Å². The van der Waals surface area contributed by atoms with E-state index in [-0.39, 0.29) is 24.0 Å². The number of nitrogens with one attached hydrogen (secondary N) is 2. The molecule has 0 aliphatic carbocycles. The highest BCUT2D eigenvalue weighted by Crippen LogP contribution is 2.12. The van der Waals surface area contributed by atoms with Gasteiger partial charge in [-0.2, -0.15) is 0 Å². The number of guanidine groups is 1. The number of nitrogens with zero attached hydrogens (tertiary/aromatic N) is 3. The summed E-state index contributed by atoms with van der Waals surface area (Å²) in [5.41, 5.74) is 2.42. The maximum Gasteiger partial charge on any atom is 0.191 e. The molecule has 0 unspecified atom stereocenters. The number of hydrogen-bond acceptors (Lipinski definition) is 4. The van der Waals surface area contributed by atoms with Gasteiger partial charge >= 0.3 is 0 Å². The van der Waals surface area contributed by atoms with Gasteiger partial charge in [0.05, 0.1) is 19.8 Å². The summed E-state index contributed by atoms with van der Waals surface area (Å²) < 4.78 is 5.38. The number of morpholine rings is 1. The van der Waals surface area contributed by atoms with Crippen molar-refractivity contribution in [2.45, 2.75) is 13.5 Å². The van der Waals surface area contributed by atoms with Gasteiger partial charge in [-0.3, -0.25) is 4.90 Å². The lowest BCUT2D eigenvalue weighted by molar-refractivity contribution is 0.0389. The second-order valence-electron chi connectivity index (χ2n) is 6.14. The smallest absolute Gasteiger partial charge is 0.191 e. The molecule has 2 rings (SSSR count). The highest BCUT2D eigenvalue weighted by molar-refractivity contribution is 14.0. The van der Waals surface area contributed by atoms with Crippen LogP contribution in [0.2, 0.25) is 0 Å². The topological polar surface area (TPSA) is 52.1 Å². The Hall–Kier alpha value is -1.06. The van der Waals surface area contributed by atoms with Crippen LogP contribution in [0.3, 0.4) is 0 Å². The molecule has 0 aromatic heterocycles. The fraction of sp³-hybridized carbons (Fsp3) is 0.611. The maximum absolute atomic E-state index is 5.38. The average Bonchev–Trinajstić information content (AvgIpc) is 2.61. The monoisotopic (exact) mass is 461 g/mol. The summed E-state index contributed by atoms with van der Waals surface area (Å²) in [6.07, 6.45) is 0. The third kappa shape index (κ3) is 8.24. The number of rotatable bonds is 7. The fourth-order valence-corrected chi connectivity index (χ4v) is 2.57. The molecule has 1 saturated heterocycles. The Morgan fingerprint density at radius 3 is 2.44 bits per heavy atom. The van der Waals surface area contributed by atoms with Crippen molar-refractivity contribution in [2.75, 3.05) is 64.9 Å². The van der Waals surface area contributed by atoms with E-state index in [9.17, 15) is 0 Å². The van der Waals surface area contributed by atoms with Crippen molar-refractivity contribution in [3.05, 3.63) is 29.8 Å². The van der Waals surface area contributed by atoms with Gasteiger partial charge in [0.25, 0.3) is 0 Å². The summed E-state index contributed by atoms with van der Waals surface area (Å²) in [6, 6.07) is 8.53. The Morgan fingerprint density at radius 1 is 1.16 bits per heavy atom. The molecule has 25 heavy (non-hydrogen) atoms. The Morgan fingerprint density at radius 2 is 1.84 bits per heavy atom. The van der Waals surface area contributed by atoms with Gasteiger partial charge in [-0.25, -0.2) is 4.99 Å². The van der Waals surface area contributed by atoms with E-state index in [0.29, 0.717) is 6.54 Å². The molecule has 0 saturated carbocycles. The van der Waals surface area contributed by atoms with E-state index in [4.69, 9.17) is 4.74 Å². The molecule has 1 aliphatic rings. The first-order valence-electron chi connectivity index (χ1n) is 8.77. The number of benzene rings is 1. The minimum atomic E-state index is 0. The summed E-state index contributed by atoms with van der Waals surface area (Å²) in [6.45, 7) is 9.28. The van der Waals surface area contributed by atoms with Gasteiger partial charge in [-0.1, -0.05) is 12.1 Å². The molecule has 0 radical (unpaired) electrons. The molecule has 1 aromatic carbocycles. The van der Waals surface area contributed by atoms with Crippen LogP contribution in [0.25, 0.3) is 0 Å². The molecule has 0 atom stereocenters. The van der Waals surface area contributed by atoms with Crippen LogP contribution in [0.5, 0.6) is 0 Å². The maximum atomic E-state index is 5.38. The third-order valence-electron chi connectivity index (χ3n) is 4.04. The van der Waals surface area contributed by atoms with E-state index in [2.05, 4.69) is 70.7 Å². The van der Waals surface area contributed by atoms with Crippen molar-refractivity contribution in [1.82, 2.24) is 15.5 Å². The molecule has 1 aliphatic heterocycles. The van der Waals surface area contributed by atoms with Crippen molar-refractivity contribution in [2.24, 2.45) is 4.99 Å². The van der Waals surface area contributed by atoms with E-state index in [1.807, 2.05) is 0 Å². The highest BCUT2D eigenvalue weighted by Gasteiger charge is 2.09. The van der Waals surface area contributed by atoms with Crippen LogP contribution in [0.4, 0.5) is 5.69 Å². The molecule has 142 valence electrons. The molecule has 6 nitrogen and oxygen atoms in total. The van der Waals surface area contributed by atoms with Gasteiger partial charge in [0, 0.05) is 52.5 Å². The largest absolute Gasteiger partial charge is 0.379 e. The van der Waals surface area contributed by atoms with Crippen LogP contribution < -0.4 is 15.5 Å². The second kappa shape index (κ2) is 12.3. The number of ether oxygens (including phenoxy) is 1. The first kappa shape index (κ1) is 22.0. The second-order valence-corrected chi connectivity index (χ2v) is 6.14. The lowest BCUT2D eigenvalue weighted by atomic mass is 10.2. The van der Waals surface area contributed by atoms with E-state index in [1.165, 1.54) is 11.3 Å². The predicted octanol–water partition coefficient (Wildman–Crippen LogP) is 1.76. The van der Waals surface area contributed by atoms with Crippen molar-refractivity contribution < 1.29 is 4.74 Å². The number of anilines is 1. The van der Waals surface area contributed by atoms with Gasteiger partial charge < -0.3 is 20.3 Å². The van der Waals surface area contributed by atoms with Gasteiger partial charge in [-0.05, 0) is 24.6 Å². The Balaban J connectivity index is 0.00000312. The zero-order valence-corrected chi connectivity index (χ0v) is 18.0. The third-order valence-corrected chi connectivity index (χ3v) is 4.04. The Bertz CT molecular complexity index is 501. The van der Waals surface area contributed by atoms with Crippen molar-refractivity contribution >= 4 is 35.6 Å². The molecule has 0 spiro atoms. The molecule has 0 bridgehead atoms. The van der Waals surface area contributed by atoms with Crippen molar-refractivity contribution in [1.29, 1.82) is 0 Å². The minimum absolute atomic E-state index is 0. The van der Waals surface area contributed by atoms with Gasteiger partial charge in [0.2, 0.25) is 0 Å². The SMILES string of the molecule is CCNC(=NCc1ccc(N(C)C)cc1)NCCN1CCOCC1.I. The molecular weight excluding hydrogens is 429 g/mol. The fourth-order valence-electron chi connectivity index (χ4n) is 2.57. The van der Waals surface area contributed by atoms with Crippen molar-refractivity contribution in [3.63, 3.8) is 0 Å². The standard InChI is InChI=1S/C18H31N5O.HI/c1-4-19-18(20-9-10-23-11-13-24-14-12-23)21-15-16-5-7-17(8-6-16)22(2)3;/h5-8H,4,9-15H2,1-3H3,(H2,19,20,21);1H. The van der Waals surface area contributed by atoms with Crippen LogP contribution in [0.15, 0.2) is 29.3 Å². The predicted molar refractivity (Wildman–Crippen MR) is 116 cm³/mol. The summed E-state index contributed by atoms with van der Waals surface area (Å²) in [4.78, 5) is 9.20. The first-order valence-corrected chi connectivity index (χ1v) is 8.77. The van der Waals surface area contributed by atoms with Gasteiger partial charge in [-0.15, -0.1) is 24.0 Å². The zero-order valence-electron chi connectivity index (χ0n) is 15.6. The summed E-state index contributed by atoms with van der Waals surface area (Å²) in [5.74, 6) is 0.877. The van der Waals surface area contributed by atoms with Crippen LogP contribution >= 0.6 is 24.0 Å². The van der Waals surface area contributed by atoms with Crippen molar-refractivity contribution in [3.8, 4) is 0 Å². The van der Waals surface area contributed by atoms with E-state index in [0.717, 1.165) is 51.9 Å². The van der Waals surface area contributed by atoms with Gasteiger partial charge in [0.1, 0.15) is 0 Å². The molecule has 1 fully saturated rings. The Labute approximate surface area is 169 Å². The van der Waals surface area contributed by atoms with E-state index in [1.54, 1.807) is 0 Å². The highest BCUT2D eigenvalue weighted by atomic mass is 127. The molecule has 2 N–H and O–H groups in total. The summed E-state index contributed by atoms with van der Waals surface area (Å²) in [7, 11) is 4.10. The summed E-state index contributed by atoms with van der Waals surface area (Å²) >= 11 is 0. The van der Waals surface area contributed by atoms with Crippen LogP contribution in [0, 0.1) is 0 Å². The summed E-state index contributed by atoms with van der Waals surface area (Å²) in [5, 5.41) is 6.72. The lowest BCUT2D eigenvalue weighted by Crippen LogP contribution is -2.44. The first-order chi connectivity index (χ1) is 11.7. The normalized spacial score (nSPS) is 15.4. The molecule has 7 heteroatoms. The number of aliphatic imine (C=N–C) groups is 1. The van der Waals surface area contributed by atoms with Gasteiger partial charge in [0.15, 0.2) is 5.96 Å². The molecular formula is C18H32IN5O. The van der Waals surface area contributed by atoms with Crippen LogP contribution in [0.1, 0.15) is 12.5 Å². The lowest BCUT2D eigenvalue weighted by Gasteiger charge is -2.26. The van der Waals surface area contributed by atoms with Crippen LogP contribution in [-0.4, -0.2) is 70.9 Å². The Kier molecular flexibility index (Phi) is 10.8. The number of halogens is 1. The quantitative estimate of drug-likeness (QED) is 0.368. The number of hydrogen-bond donors (Lipinski definition) is 2. The molecule has 0 amide bonds. The molecule has 1 aromatic rings. The minimum Gasteiger partial charge on any atom is -0.379 e. The van der Waals surface area contributed by atoms with Crippen LogP contribution in [-0.2, 0) is 11.3 Å². The van der Waals surface area contributed by atoms with E-state index >= 15 is 0 Å². The average molecular weight is 461 g/mol.